The van der Waals surface area contributed by atoms with Gasteiger partial charge in [0.2, 0.25) is 0 Å². The van der Waals surface area contributed by atoms with Crippen LogP contribution in [0.4, 0.5) is 8.78 Å². The number of carbonyl (C=O) groups is 1. The molecule has 0 aromatic heterocycles. The molecular weight excluding hydrogens is 274 g/mol. The highest BCUT2D eigenvalue weighted by Gasteiger charge is 2.20. The van der Waals surface area contributed by atoms with Crippen molar-refractivity contribution in [3.8, 4) is 0 Å². The first-order valence-corrected chi connectivity index (χ1v) is 5.82. The largest absolute Gasteiger partial charge is 0.457 e. The van der Waals surface area contributed by atoms with Gasteiger partial charge >= 0.3 is 5.97 Å². The van der Waals surface area contributed by atoms with Crippen LogP contribution in [-0.4, -0.2) is 5.97 Å². The van der Waals surface area contributed by atoms with Crippen LogP contribution in [0.15, 0.2) is 42.5 Å². The number of esters is 1. The minimum atomic E-state index is -1.30. The van der Waals surface area contributed by atoms with E-state index in [-0.39, 0.29) is 11.6 Å². The van der Waals surface area contributed by atoms with Gasteiger partial charge in [-0.25, -0.2) is 13.6 Å². The molecule has 0 unspecified atom stereocenters. The molecular formula is C14H9ClF2O2. The Balaban J connectivity index is 2.15. The van der Waals surface area contributed by atoms with Crippen LogP contribution < -0.4 is 0 Å². The van der Waals surface area contributed by atoms with Gasteiger partial charge in [0, 0.05) is 0 Å². The first kappa shape index (κ1) is 13.5. The zero-order valence-electron chi connectivity index (χ0n) is 9.70. The minimum absolute atomic E-state index is 0.0358. The summed E-state index contributed by atoms with van der Waals surface area (Å²) in [7, 11) is 0. The van der Waals surface area contributed by atoms with Crippen molar-refractivity contribution >= 4 is 17.6 Å². The molecule has 2 aromatic carbocycles. The summed E-state index contributed by atoms with van der Waals surface area (Å²) in [5.74, 6) is -3.44. The smallest absolute Gasteiger partial charge is 0.343 e. The lowest BCUT2D eigenvalue weighted by atomic mass is 10.2. The summed E-state index contributed by atoms with van der Waals surface area (Å²) >= 11 is 5.67. The second-order valence-corrected chi connectivity index (χ2v) is 4.19. The monoisotopic (exact) mass is 282 g/mol. The van der Waals surface area contributed by atoms with E-state index in [9.17, 15) is 13.6 Å². The fourth-order valence-electron chi connectivity index (χ4n) is 1.51. The Morgan fingerprint density at radius 3 is 2.47 bits per heavy atom. The van der Waals surface area contributed by atoms with E-state index in [0.29, 0.717) is 0 Å². The summed E-state index contributed by atoms with van der Waals surface area (Å²) < 4.78 is 31.4. The molecule has 0 amide bonds. The van der Waals surface area contributed by atoms with Crippen LogP contribution in [0.1, 0.15) is 15.9 Å². The van der Waals surface area contributed by atoms with Crippen molar-refractivity contribution in [2.75, 3.05) is 0 Å². The summed E-state index contributed by atoms with van der Waals surface area (Å²) in [6.45, 7) is -0.0358. The summed E-state index contributed by atoms with van der Waals surface area (Å²) in [4.78, 5) is 11.7. The Morgan fingerprint density at radius 2 is 1.79 bits per heavy atom. The molecule has 0 bridgehead atoms. The maximum Gasteiger partial charge on any atom is 0.343 e. The highest BCUT2D eigenvalue weighted by Crippen LogP contribution is 2.22. The molecule has 0 aliphatic carbocycles. The molecule has 0 saturated heterocycles. The van der Waals surface area contributed by atoms with Gasteiger partial charge in [0.05, 0.1) is 5.02 Å². The van der Waals surface area contributed by atoms with Gasteiger partial charge in [-0.05, 0) is 17.7 Å². The number of hydrogen-bond acceptors (Lipinski definition) is 2. The summed E-state index contributed by atoms with van der Waals surface area (Å²) in [6, 6.07) is 10.8. The lowest BCUT2D eigenvalue weighted by molar-refractivity contribution is 0.0466. The standard InChI is InChI=1S/C14H9ClF2O2/c15-10-6-7-11(16)13(17)12(10)14(18)19-8-9-4-2-1-3-5-9/h1-7H,8H2. The molecule has 0 spiro atoms. The third-order valence-corrected chi connectivity index (χ3v) is 2.78. The van der Waals surface area contributed by atoms with E-state index < -0.39 is 23.2 Å². The predicted octanol–water partition coefficient (Wildman–Crippen LogP) is 3.98. The lowest BCUT2D eigenvalue weighted by Gasteiger charge is -2.07. The van der Waals surface area contributed by atoms with Crippen molar-refractivity contribution in [2.24, 2.45) is 0 Å². The van der Waals surface area contributed by atoms with Crippen molar-refractivity contribution in [2.45, 2.75) is 6.61 Å². The number of rotatable bonds is 3. The molecule has 2 rings (SSSR count). The van der Waals surface area contributed by atoms with Crippen molar-refractivity contribution in [3.05, 3.63) is 70.2 Å². The number of ether oxygens (including phenoxy) is 1. The van der Waals surface area contributed by atoms with Crippen LogP contribution in [-0.2, 0) is 11.3 Å². The number of hydrogen-bond donors (Lipinski definition) is 0. The molecule has 0 heterocycles. The molecule has 98 valence electrons. The molecule has 2 aromatic rings. The van der Waals surface area contributed by atoms with E-state index in [1.54, 1.807) is 24.3 Å². The average Bonchev–Trinajstić information content (AvgIpc) is 2.42. The minimum Gasteiger partial charge on any atom is -0.457 e. The first-order valence-electron chi connectivity index (χ1n) is 5.44. The Labute approximate surface area is 113 Å². The molecule has 0 radical (unpaired) electrons. The molecule has 19 heavy (non-hydrogen) atoms. The van der Waals surface area contributed by atoms with Crippen molar-refractivity contribution in [1.29, 1.82) is 0 Å². The fraction of sp³-hybridized carbons (Fsp3) is 0.0714. The Morgan fingerprint density at radius 1 is 1.11 bits per heavy atom. The Kier molecular flexibility index (Phi) is 4.12. The third-order valence-electron chi connectivity index (χ3n) is 2.46. The summed E-state index contributed by atoms with van der Waals surface area (Å²) in [5.41, 5.74) is 0.154. The quantitative estimate of drug-likeness (QED) is 0.629. The molecule has 0 N–H and O–H groups in total. The van der Waals surface area contributed by atoms with Gasteiger partial charge in [0.25, 0.3) is 0 Å². The van der Waals surface area contributed by atoms with Crippen LogP contribution in [0, 0.1) is 11.6 Å². The highest BCUT2D eigenvalue weighted by atomic mass is 35.5. The van der Waals surface area contributed by atoms with E-state index in [4.69, 9.17) is 16.3 Å². The molecule has 0 aliphatic rings. The first-order chi connectivity index (χ1) is 9.09. The van der Waals surface area contributed by atoms with E-state index in [1.165, 1.54) is 0 Å². The second kappa shape index (κ2) is 5.80. The van der Waals surface area contributed by atoms with E-state index in [2.05, 4.69) is 0 Å². The average molecular weight is 283 g/mol. The zero-order chi connectivity index (χ0) is 13.8. The summed E-state index contributed by atoms with van der Waals surface area (Å²) in [5, 5.41) is -0.183. The second-order valence-electron chi connectivity index (χ2n) is 3.78. The zero-order valence-corrected chi connectivity index (χ0v) is 10.5. The number of halogens is 3. The van der Waals surface area contributed by atoms with Crippen molar-refractivity contribution in [3.63, 3.8) is 0 Å². The molecule has 0 aliphatic heterocycles. The van der Waals surface area contributed by atoms with Crippen LogP contribution in [0.3, 0.4) is 0 Å². The summed E-state index contributed by atoms with van der Waals surface area (Å²) in [6.07, 6.45) is 0. The van der Waals surface area contributed by atoms with Crippen LogP contribution in [0.2, 0.25) is 5.02 Å². The SMILES string of the molecule is O=C(OCc1ccccc1)c1c(Cl)ccc(F)c1F. The number of benzene rings is 2. The highest BCUT2D eigenvalue weighted by molar-refractivity contribution is 6.33. The van der Waals surface area contributed by atoms with E-state index in [1.807, 2.05) is 6.07 Å². The Hall–Kier alpha value is -1.94. The van der Waals surface area contributed by atoms with Gasteiger partial charge in [0.15, 0.2) is 11.6 Å². The molecule has 0 atom stereocenters. The van der Waals surface area contributed by atoms with Gasteiger partial charge in [0.1, 0.15) is 12.2 Å². The third kappa shape index (κ3) is 3.09. The van der Waals surface area contributed by atoms with Gasteiger partial charge in [-0.15, -0.1) is 0 Å². The van der Waals surface area contributed by atoms with Crippen LogP contribution in [0.5, 0.6) is 0 Å². The maximum absolute atomic E-state index is 13.5. The Bertz CT molecular complexity index is 600. The predicted molar refractivity (Wildman–Crippen MR) is 66.9 cm³/mol. The van der Waals surface area contributed by atoms with Crippen molar-refractivity contribution in [1.82, 2.24) is 0 Å². The number of carbonyl (C=O) groups excluding carboxylic acids is 1. The van der Waals surface area contributed by atoms with Crippen LogP contribution >= 0.6 is 11.6 Å². The molecule has 0 fully saturated rings. The topological polar surface area (TPSA) is 26.3 Å². The van der Waals surface area contributed by atoms with Gasteiger partial charge < -0.3 is 4.74 Å². The van der Waals surface area contributed by atoms with Crippen molar-refractivity contribution < 1.29 is 18.3 Å². The van der Waals surface area contributed by atoms with Gasteiger partial charge in [-0.2, -0.15) is 0 Å². The van der Waals surface area contributed by atoms with Gasteiger partial charge in [-0.3, -0.25) is 0 Å². The van der Waals surface area contributed by atoms with E-state index in [0.717, 1.165) is 17.7 Å². The molecule has 5 heteroatoms. The fourth-order valence-corrected chi connectivity index (χ4v) is 1.73. The van der Waals surface area contributed by atoms with Gasteiger partial charge in [-0.1, -0.05) is 41.9 Å². The maximum atomic E-state index is 13.5. The van der Waals surface area contributed by atoms with Crippen LogP contribution in [0.25, 0.3) is 0 Å². The normalized spacial score (nSPS) is 10.3. The molecule has 0 saturated carbocycles. The lowest BCUT2D eigenvalue weighted by Crippen LogP contribution is -2.09. The van der Waals surface area contributed by atoms with E-state index >= 15 is 0 Å². The molecule has 2 nitrogen and oxygen atoms in total.